The molecule has 5 aliphatic carbocycles. The molecular formula is C70H114O36. The van der Waals surface area contributed by atoms with Gasteiger partial charge >= 0.3 is 5.97 Å². The minimum absolute atomic E-state index is 0.0183. The monoisotopic (exact) mass is 1530 g/mol. The lowest BCUT2D eigenvalue weighted by molar-refractivity contribution is -0.384. The zero-order chi connectivity index (χ0) is 77.4. The molecule has 0 aromatic carbocycles. The highest BCUT2D eigenvalue weighted by Crippen LogP contribution is 2.77. The van der Waals surface area contributed by atoms with E-state index in [0.29, 0.717) is 50.5 Å². The zero-order valence-corrected chi connectivity index (χ0v) is 60.7. The van der Waals surface area contributed by atoms with Crippen molar-refractivity contribution >= 4 is 5.97 Å². The lowest BCUT2D eigenvalue weighted by Gasteiger charge is -2.72. The molecule has 0 spiro atoms. The molecule has 0 bridgehead atoms. The van der Waals surface area contributed by atoms with E-state index in [-0.39, 0.29) is 43.1 Å². The van der Waals surface area contributed by atoms with Crippen molar-refractivity contribution in [3.05, 3.63) is 11.6 Å². The normalized spacial score (nSPS) is 54.0. The van der Waals surface area contributed by atoms with E-state index in [4.69, 9.17) is 66.3 Å². The molecule has 12 rings (SSSR count). The Balaban J connectivity index is 0.703. The molecule has 4 saturated carbocycles. The molecule has 0 amide bonds. The molecule has 21 N–H and O–H groups in total. The third-order valence-electron chi connectivity index (χ3n) is 27.0. The summed E-state index contributed by atoms with van der Waals surface area (Å²) >= 11 is 0. The SMILES string of the molecule is C[C@@H]1O[C@@H](O[C@@H]2CO[C@@H](O[C@H]3CC[C@@]4(C)[C@H](CC[C@]5(C)[C@H]4CC=C4[C@]6(O)CC(C)(C)CC[C@]6(C(=O)O[C@@H]6O[C@H](CO)[C@H](O[C@@H]7O[C@H]([C@H](O)CO)[C@H](O)[C@H]7O[C@@H]7O[C@H](CO)[C@@H](O)[C@H](O)[C@H]7O)[C@H](O)[C@H]6O)CC[C@]45C)C3(C)C)[C@H](O)[C@H]2O)[C@@H](O[C@@H]2OC[C@@H](O)[C@H](O[C@@H]3O[C@H](CO)[C@@H](O)[C@H](O)[C@H]3O)[C@H]2O)[C@H](O)[C@@H]1O. The average molecular weight is 1530 g/mol. The number of rotatable bonds is 19. The maximum Gasteiger partial charge on any atom is 0.317 e. The molecule has 0 aromatic heterocycles. The Kier molecular flexibility index (Phi) is 24.5. The van der Waals surface area contributed by atoms with Crippen molar-refractivity contribution < 1.29 is 178 Å². The van der Waals surface area contributed by atoms with Crippen LogP contribution in [0.5, 0.6) is 0 Å². The summed E-state index contributed by atoms with van der Waals surface area (Å²) in [6, 6.07) is 0. The van der Waals surface area contributed by atoms with Crippen molar-refractivity contribution in [2.45, 2.75) is 334 Å². The predicted octanol–water partition coefficient (Wildman–Crippen LogP) is -7.14. The van der Waals surface area contributed by atoms with Gasteiger partial charge in [0.25, 0.3) is 0 Å². The average Bonchev–Trinajstić information content (AvgIpc) is 0.733. The van der Waals surface area contributed by atoms with Gasteiger partial charge in [-0.1, -0.05) is 54.5 Å². The number of carbonyl (C=O) groups excluding carboxylic acids is 1. The Bertz CT molecular complexity index is 3020. The Hall–Kier alpha value is -2.15. The van der Waals surface area contributed by atoms with E-state index >= 15 is 4.79 Å². The van der Waals surface area contributed by atoms with Gasteiger partial charge in [0, 0.05) is 0 Å². The molecule has 36 heteroatoms. The van der Waals surface area contributed by atoms with Crippen LogP contribution in [0, 0.1) is 44.3 Å². The second-order valence-electron chi connectivity index (χ2n) is 33.9. The Morgan fingerprint density at radius 2 is 1.02 bits per heavy atom. The summed E-state index contributed by atoms with van der Waals surface area (Å²) in [4.78, 5) is 15.4. The molecule has 0 aromatic rings. The quantitative estimate of drug-likeness (QED) is 0.0325. The molecule has 11 fully saturated rings. The maximum atomic E-state index is 15.4. The van der Waals surface area contributed by atoms with Crippen LogP contribution in [-0.4, -0.2) is 367 Å². The van der Waals surface area contributed by atoms with Gasteiger partial charge in [-0.2, -0.15) is 0 Å². The molecular weight excluding hydrogens is 1420 g/mol. The highest BCUT2D eigenvalue weighted by atomic mass is 16.8. The first-order valence-corrected chi connectivity index (χ1v) is 37.1. The number of ether oxygens (including phenoxy) is 14. The van der Waals surface area contributed by atoms with Crippen molar-refractivity contribution in [3.63, 3.8) is 0 Å². The smallest absolute Gasteiger partial charge is 0.317 e. The third-order valence-corrected chi connectivity index (χ3v) is 27.0. The summed E-state index contributed by atoms with van der Waals surface area (Å²) in [5.41, 5.74) is -5.31. The molecule has 0 radical (unpaired) electrons. The zero-order valence-electron chi connectivity index (χ0n) is 60.7. The number of carbonyl (C=O) groups is 1. The van der Waals surface area contributed by atoms with Crippen LogP contribution in [0.2, 0.25) is 0 Å². The highest BCUT2D eigenvalue weighted by Gasteiger charge is 2.75. The van der Waals surface area contributed by atoms with Crippen LogP contribution in [0.15, 0.2) is 11.6 Å². The molecule has 0 unspecified atom stereocenters. The van der Waals surface area contributed by atoms with Gasteiger partial charge < -0.3 is 174 Å². The summed E-state index contributed by atoms with van der Waals surface area (Å²) in [5.74, 6) is -0.862. The van der Waals surface area contributed by atoms with Crippen LogP contribution >= 0.6 is 0 Å². The fraction of sp³-hybridized carbons (Fsp3) is 0.957. The van der Waals surface area contributed by atoms with Crippen molar-refractivity contribution in [2.24, 2.45) is 44.3 Å². The van der Waals surface area contributed by atoms with E-state index < -0.39 is 281 Å². The summed E-state index contributed by atoms with van der Waals surface area (Å²) < 4.78 is 83.0. The van der Waals surface area contributed by atoms with Gasteiger partial charge in [0.05, 0.1) is 51.8 Å². The van der Waals surface area contributed by atoms with Crippen LogP contribution < -0.4 is 0 Å². The Morgan fingerprint density at radius 1 is 0.491 bits per heavy atom. The molecule has 7 aliphatic heterocycles. The van der Waals surface area contributed by atoms with E-state index in [9.17, 15) is 107 Å². The van der Waals surface area contributed by atoms with Gasteiger partial charge in [-0.25, -0.2) is 0 Å². The van der Waals surface area contributed by atoms with E-state index in [2.05, 4.69) is 40.7 Å². The molecule has 12 aliphatic rings. The molecule has 610 valence electrons. The standard InChI is InChI=1S/C70H114O36/c1-26-37(77)43(83)54(104-57-50(90)52(28(76)23-93-57)101-58-46(86)41(81)38(78)29(20-72)96-58)61(95-26)99-32-24-94-56(45(85)40(32)80)100-36-12-13-66(6)33(65(36,4)5)11-14-67(7)34(66)9-10-35-68(67,8)16-18-69(17-15-64(2,3)25-70(35,69)92)63(91)106-60-48(88)44(84)53(31(22-74)98-60)103-62-55(49(89)51(102-62)27(75)19-71)105-59-47(87)42(82)39(79)30(21-73)97-59/h10,26-34,36-62,71-90,92H,9,11-25H2,1-8H3/t26-,27+,28+,29+,30+,31+,32+,33+,34-,36-,37+,38+,39+,40-,41-,42-,43+,44+,45+,46+,47+,48+,49-,50+,51+,52-,53-,54-,55+,56-,57-,58-,59-,60-,61-,62-,66-,67+,68+,69+,70+/m0/s1. The van der Waals surface area contributed by atoms with Gasteiger partial charge in [0.15, 0.2) is 37.7 Å². The van der Waals surface area contributed by atoms with Gasteiger partial charge in [-0.3, -0.25) is 4.79 Å². The number of fused-ring (bicyclic) bond motifs is 7. The van der Waals surface area contributed by atoms with Crippen molar-refractivity contribution in [2.75, 3.05) is 39.6 Å². The second-order valence-corrected chi connectivity index (χ2v) is 33.9. The highest BCUT2D eigenvalue weighted by molar-refractivity contribution is 5.81. The van der Waals surface area contributed by atoms with E-state index in [1.807, 2.05) is 13.8 Å². The topological polar surface area (TPSA) is 571 Å². The number of hydrogen-bond donors (Lipinski definition) is 21. The van der Waals surface area contributed by atoms with Gasteiger partial charge in [-0.05, 0) is 116 Å². The summed E-state index contributed by atoms with van der Waals surface area (Å²) in [5, 5.41) is 231. The summed E-state index contributed by atoms with van der Waals surface area (Å²) in [6.45, 7) is 12.0. The predicted molar refractivity (Wildman–Crippen MR) is 349 cm³/mol. The van der Waals surface area contributed by atoms with E-state index in [1.54, 1.807) is 0 Å². The van der Waals surface area contributed by atoms with Gasteiger partial charge in [0.2, 0.25) is 6.29 Å². The van der Waals surface area contributed by atoms with Crippen LogP contribution in [-0.2, 0) is 71.1 Å². The Labute approximate surface area is 612 Å². The second kappa shape index (κ2) is 31.2. The molecule has 106 heavy (non-hydrogen) atoms. The van der Waals surface area contributed by atoms with Crippen LogP contribution in [0.25, 0.3) is 0 Å². The Morgan fingerprint density at radius 3 is 1.64 bits per heavy atom. The van der Waals surface area contributed by atoms with E-state index in [1.165, 1.54) is 6.92 Å². The number of allylic oxidation sites excluding steroid dienone is 1. The number of hydrogen-bond acceptors (Lipinski definition) is 36. The lowest BCUT2D eigenvalue weighted by Crippen LogP contribution is -2.70. The first-order valence-electron chi connectivity index (χ1n) is 37.1. The fourth-order valence-corrected chi connectivity index (χ4v) is 20.5. The van der Waals surface area contributed by atoms with Crippen molar-refractivity contribution in [3.8, 4) is 0 Å². The van der Waals surface area contributed by atoms with Crippen molar-refractivity contribution in [1.29, 1.82) is 0 Å². The van der Waals surface area contributed by atoms with Gasteiger partial charge in [-0.15, -0.1) is 0 Å². The van der Waals surface area contributed by atoms with Crippen LogP contribution in [0.1, 0.15) is 120 Å². The number of esters is 1. The molecule has 7 heterocycles. The lowest BCUT2D eigenvalue weighted by atomic mass is 9.33. The maximum absolute atomic E-state index is 15.4. The largest absolute Gasteiger partial charge is 0.432 e. The molecule has 41 atom stereocenters. The minimum Gasteiger partial charge on any atom is -0.432 e. The summed E-state index contributed by atoms with van der Waals surface area (Å²) in [6.07, 6.45) is -51.1. The fourth-order valence-electron chi connectivity index (χ4n) is 20.5. The van der Waals surface area contributed by atoms with Crippen LogP contribution in [0.4, 0.5) is 0 Å². The number of aliphatic hydroxyl groups excluding tert-OH is 20. The molecule has 7 saturated heterocycles. The summed E-state index contributed by atoms with van der Waals surface area (Å²) in [7, 11) is 0. The first kappa shape index (κ1) is 83.3. The minimum atomic E-state index is -2.10. The van der Waals surface area contributed by atoms with Gasteiger partial charge in [0.1, 0.15) is 164 Å². The molecule has 36 nitrogen and oxygen atoms in total. The van der Waals surface area contributed by atoms with E-state index in [0.717, 1.165) is 0 Å². The third kappa shape index (κ3) is 14.1. The number of aliphatic hydroxyl groups is 21. The first-order chi connectivity index (χ1) is 49.7. The van der Waals surface area contributed by atoms with Crippen LogP contribution in [0.3, 0.4) is 0 Å². The van der Waals surface area contributed by atoms with Crippen molar-refractivity contribution in [1.82, 2.24) is 0 Å².